The summed E-state index contributed by atoms with van der Waals surface area (Å²) in [5, 5.41) is 0.978. The zero-order valence-corrected chi connectivity index (χ0v) is 17.5. The number of fused-ring (bicyclic) bond motifs is 2. The molecule has 0 fully saturated rings. The first-order chi connectivity index (χ1) is 14.5. The fourth-order valence-electron chi connectivity index (χ4n) is 3.95. The van der Waals surface area contributed by atoms with Crippen molar-refractivity contribution >= 4 is 22.6 Å². The van der Waals surface area contributed by atoms with Crippen LogP contribution in [0.1, 0.15) is 46.8 Å². The fourth-order valence-corrected chi connectivity index (χ4v) is 3.95. The number of unbranched alkanes of at least 4 members (excludes halogenated alkanes) is 1. The topological polar surface area (TPSA) is 69.0 Å². The van der Waals surface area contributed by atoms with Gasteiger partial charge in [-0.3, -0.25) is 0 Å². The second kappa shape index (κ2) is 8.22. The van der Waals surface area contributed by atoms with E-state index in [1.54, 1.807) is 18.2 Å². The lowest BCUT2D eigenvalue weighted by atomic mass is 9.98. The number of hydrogen-bond donors (Lipinski definition) is 0. The standard InChI is InChI=1S/C24H25NO5/c1-4-5-6-17-12-21(26)30-23-15(2)22-18(11-20(17)23)13-25(14-29-22)19-9-7-16(8-10-19)24(27)28-3/h7-12H,4-6,13-14H2,1-3H3. The molecule has 6 nitrogen and oxygen atoms in total. The Hall–Kier alpha value is -3.28. The Morgan fingerprint density at radius 1 is 1.20 bits per heavy atom. The highest BCUT2D eigenvalue weighted by Crippen LogP contribution is 2.37. The molecular weight excluding hydrogens is 382 g/mol. The van der Waals surface area contributed by atoms with E-state index in [9.17, 15) is 9.59 Å². The Kier molecular flexibility index (Phi) is 5.48. The van der Waals surface area contributed by atoms with Crippen LogP contribution in [0, 0.1) is 6.92 Å². The van der Waals surface area contributed by atoms with Crippen molar-refractivity contribution in [1.29, 1.82) is 0 Å². The van der Waals surface area contributed by atoms with E-state index in [-0.39, 0.29) is 11.6 Å². The van der Waals surface area contributed by atoms with Crippen molar-refractivity contribution in [2.45, 2.75) is 39.7 Å². The summed E-state index contributed by atoms with van der Waals surface area (Å²) < 4.78 is 16.4. The number of nitrogens with zero attached hydrogens (tertiary/aromatic N) is 1. The molecule has 0 unspecified atom stereocenters. The molecule has 4 rings (SSSR count). The molecule has 3 aromatic rings. The van der Waals surface area contributed by atoms with Crippen molar-refractivity contribution < 1.29 is 18.7 Å². The third-order valence-electron chi connectivity index (χ3n) is 5.56. The molecule has 2 heterocycles. The molecule has 0 saturated carbocycles. The number of aryl methyl sites for hydroxylation is 2. The van der Waals surface area contributed by atoms with Crippen LogP contribution in [-0.2, 0) is 17.7 Å². The van der Waals surface area contributed by atoms with Crippen LogP contribution in [0.5, 0.6) is 5.75 Å². The van der Waals surface area contributed by atoms with Gasteiger partial charge in [0, 0.05) is 34.8 Å². The monoisotopic (exact) mass is 407 g/mol. The zero-order chi connectivity index (χ0) is 21.3. The number of ether oxygens (including phenoxy) is 2. The highest BCUT2D eigenvalue weighted by molar-refractivity contribution is 5.90. The average molecular weight is 407 g/mol. The van der Waals surface area contributed by atoms with E-state index in [0.29, 0.717) is 24.4 Å². The molecule has 1 aromatic heterocycles. The highest BCUT2D eigenvalue weighted by Gasteiger charge is 2.23. The first-order valence-corrected chi connectivity index (χ1v) is 10.2. The van der Waals surface area contributed by atoms with E-state index in [1.165, 1.54) is 7.11 Å². The maximum atomic E-state index is 12.1. The van der Waals surface area contributed by atoms with E-state index in [0.717, 1.165) is 52.8 Å². The number of methoxy groups -OCH3 is 1. The van der Waals surface area contributed by atoms with Crippen LogP contribution in [0.3, 0.4) is 0 Å². The molecule has 0 spiro atoms. The molecule has 0 saturated heterocycles. The number of benzene rings is 2. The van der Waals surface area contributed by atoms with Crippen LogP contribution in [0.25, 0.3) is 11.0 Å². The molecule has 0 bridgehead atoms. The van der Waals surface area contributed by atoms with Gasteiger partial charge in [0.1, 0.15) is 11.3 Å². The third-order valence-corrected chi connectivity index (χ3v) is 5.56. The van der Waals surface area contributed by atoms with E-state index < -0.39 is 0 Å². The molecule has 0 radical (unpaired) electrons. The molecule has 0 atom stereocenters. The quantitative estimate of drug-likeness (QED) is 0.455. The smallest absolute Gasteiger partial charge is 0.337 e. The second-order valence-corrected chi connectivity index (χ2v) is 7.57. The number of carbonyl (C=O) groups is 1. The lowest BCUT2D eigenvalue weighted by molar-refractivity contribution is 0.0600. The van der Waals surface area contributed by atoms with E-state index in [1.807, 2.05) is 19.1 Å². The largest absolute Gasteiger partial charge is 0.472 e. The van der Waals surface area contributed by atoms with Gasteiger partial charge in [0.05, 0.1) is 12.7 Å². The van der Waals surface area contributed by atoms with Gasteiger partial charge < -0.3 is 18.8 Å². The average Bonchev–Trinajstić information content (AvgIpc) is 2.77. The molecule has 0 amide bonds. The van der Waals surface area contributed by atoms with E-state index in [2.05, 4.69) is 17.9 Å². The van der Waals surface area contributed by atoms with Crippen molar-refractivity contribution in [2.75, 3.05) is 18.7 Å². The predicted octanol–water partition coefficient (Wildman–Crippen LogP) is 4.59. The van der Waals surface area contributed by atoms with Gasteiger partial charge in [-0.25, -0.2) is 9.59 Å². The second-order valence-electron chi connectivity index (χ2n) is 7.57. The Labute approximate surface area is 175 Å². The molecule has 30 heavy (non-hydrogen) atoms. The van der Waals surface area contributed by atoms with Crippen LogP contribution in [0.2, 0.25) is 0 Å². The number of anilines is 1. The maximum absolute atomic E-state index is 12.1. The fraction of sp³-hybridized carbons (Fsp3) is 0.333. The number of carbonyl (C=O) groups excluding carboxylic acids is 1. The maximum Gasteiger partial charge on any atom is 0.337 e. The molecule has 1 aliphatic rings. The summed E-state index contributed by atoms with van der Waals surface area (Å²) in [5.41, 5.74) is 4.69. The minimum absolute atomic E-state index is 0.320. The molecule has 0 N–H and O–H groups in total. The molecule has 6 heteroatoms. The van der Waals surface area contributed by atoms with Crippen molar-refractivity contribution in [1.82, 2.24) is 0 Å². The van der Waals surface area contributed by atoms with Crippen LogP contribution < -0.4 is 15.3 Å². The van der Waals surface area contributed by atoms with Crippen molar-refractivity contribution in [2.24, 2.45) is 0 Å². The SMILES string of the molecule is CCCCc1cc(=O)oc2c(C)c3c(cc12)CN(c1ccc(C(=O)OC)cc1)CO3. The molecule has 156 valence electrons. The normalized spacial score (nSPS) is 13.1. The minimum Gasteiger partial charge on any atom is -0.472 e. The Morgan fingerprint density at radius 2 is 1.97 bits per heavy atom. The third kappa shape index (κ3) is 3.65. The van der Waals surface area contributed by atoms with Gasteiger partial charge in [-0.05, 0) is 55.7 Å². The summed E-state index contributed by atoms with van der Waals surface area (Å²) in [4.78, 5) is 25.8. The summed E-state index contributed by atoms with van der Waals surface area (Å²) >= 11 is 0. The Bertz CT molecular complexity index is 1150. The highest BCUT2D eigenvalue weighted by atomic mass is 16.5. The van der Waals surface area contributed by atoms with Crippen molar-refractivity contribution in [3.8, 4) is 5.75 Å². The summed E-state index contributed by atoms with van der Waals surface area (Å²) in [6.45, 7) is 5.11. The van der Waals surface area contributed by atoms with Crippen molar-refractivity contribution in [3.63, 3.8) is 0 Å². The van der Waals surface area contributed by atoms with Gasteiger partial charge in [0.15, 0.2) is 6.73 Å². The number of hydrogen-bond acceptors (Lipinski definition) is 6. The Balaban J connectivity index is 1.70. The van der Waals surface area contributed by atoms with Gasteiger partial charge in [0.2, 0.25) is 0 Å². The summed E-state index contributed by atoms with van der Waals surface area (Å²) in [6, 6.07) is 11.0. The van der Waals surface area contributed by atoms with Gasteiger partial charge in [-0.1, -0.05) is 13.3 Å². The van der Waals surface area contributed by atoms with Crippen LogP contribution in [-0.4, -0.2) is 19.8 Å². The Morgan fingerprint density at radius 3 is 2.67 bits per heavy atom. The van der Waals surface area contributed by atoms with Crippen LogP contribution >= 0.6 is 0 Å². The van der Waals surface area contributed by atoms with Gasteiger partial charge in [-0.2, -0.15) is 0 Å². The molecule has 1 aliphatic heterocycles. The van der Waals surface area contributed by atoms with E-state index >= 15 is 0 Å². The lowest BCUT2D eigenvalue weighted by Gasteiger charge is -2.32. The molecular formula is C24H25NO5. The van der Waals surface area contributed by atoms with Crippen LogP contribution in [0.4, 0.5) is 5.69 Å². The van der Waals surface area contributed by atoms with E-state index in [4.69, 9.17) is 13.9 Å². The molecule has 0 aliphatic carbocycles. The van der Waals surface area contributed by atoms with Gasteiger partial charge in [-0.15, -0.1) is 0 Å². The van der Waals surface area contributed by atoms with Gasteiger partial charge >= 0.3 is 11.6 Å². The van der Waals surface area contributed by atoms with Gasteiger partial charge in [0.25, 0.3) is 0 Å². The summed E-state index contributed by atoms with van der Waals surface area (Å²) in [5.74, 6) is 0.422. The number of rotatable bonds is 5. The minimum atomic E-state index is -0.356. The summed E-state index contributed by atoms with van der Waals surface area (Å²) in [6.07, 6.45) is 2.92. The first-order valence-electron chi connectivity index (χ1n) is 10.2. The van der Waals surface area contributed by atoms with Crippen LogP contribution in [0.15, 0.2) is 45.6 Å². The zero-order valence-electron chi connectivity index (χ0n) is 17.5. The number of esters is 1. The molecule has 2 aromatic carbocycles. The lowest BCUT2D eigenvalue weighted by Crippen LogP contribution is -2.32. The predicted molar refractivity (Wildman–Crippen MR) is 115 cm³/mol. The summed E-state index contributed by atoms with van der Waals surface area (Å²) in [7, 11) is 1.37. The first kappa shape index (κ1) is 20.0. The van der Waals surface area contributed by atoms with Crippen molar-refractivity contribution in [3.05, 3.63) is 69.1 Å².